The van der Waals surface area contributed by atoms with Crippen molar-refractivity contribution in [1.29, 1.82) is 0 Å². The number of hydrogen-bond donors (Lipinski definition) is 1. The number of carboxylic acid groups (broad SMARTS) is 1. The normalized spacial score (nSPS) is 17.6. The molecular weight excluding hydrogens is 300 g/mol. The van der Waals surface area contributed by atoms with Crippen molar-refractivity contribution in [2.75, 3.05) is 13.1 Å². The number of aryl methyl sites for hydroxylation is 2. The van der Waals surface area contributed by atoms with Crippen LogP contribution in [-0.2, 0) is 4.79 Å². The predicted molar refractivity (Wildman–Crippen MR) is 93.9 cm³/mol. The fraction of sp³-hybridized carbons (Fsp3) is 0.400. The topological polar surface area (TPSA) is 53.4 Å². The number of piperidine rings is 1. The fourth-order valence-corrected chi connectivity index (χ4v) is 3.72. The first-order valence-electron chi connectivity index (χ1n) is 8.49. The number of carbonyl (C=O) groups is 1. The molecule has 0 aliphatic carbocycles. The lowest BCUT2D eigenvalue weighted by Crippen LogP contribution is -2.39. The van der Waals surface area contributed by atoms with E-state index < -0.39 is 5.97 Å². The van der Waals surface area contributed by atoms with Crippen LogP contribution in [0.4, 0.5) is 0 Å². The van der Waals surface area contributed by atoms with Crippen molar-refractivity contribution in [1.82, 2.24) is 9.88 Å². The SMILES string of the molecule is Cc1cc(C)cc(C(c2cccnc2)N2CCC(C(=O)O)CC2)c1. The van der Waals surface area contributed by atoms with Gasteiger partial charge in [-0.1, -0.05) is 35.4 Å². The van der Waals surface area contributed by atoms with E-state index >= 15 is 0 Å². The third kappa shape index (κ3) is 3.65. The summed E-state index contributed by atoms with van der Waals surface area (Å²) in [6.07, 6.45) is 5.12. The minimum Gasteiger partial charge on any atom is -0.481 e. The molecule has 2 heterocycles. The maximum absolute atomic E-state index is 11.2. The smallest absolute Gasteiger partial charge is 0.306 e. The molecular formula is C20H24N2O2. The molecule has 1 saturated heterocycles. The monoisotopic (exact) mass is 324 g/mol. The summed E-state index contributed by atoms with van der Waals surface area (Å²) < 4.78 is 0. The van der Waals surface area contributed by atoms with Crippen molar-refractivity contribution in [2.45, 2.75) is 32.7 Å². The van der Waals surface area contributed by atoms with E-state index in [-0.39, 0.29) is 12.0 Å². The van der Waals surface area contributed by atoms with Crippen LogP contribution >= 0.6 is 0 Å². The van der Waals surface area contributed by atoms with E-state index in [0.29, 0.717) is 12.8 Å². The molecule has 0 radical (unpaired) electrons. The van der Waals surface area contributed by atoms with Crippen LogP contribution in [0.25, 0.3) is 0 Å². The van der Waals surface area contributed by atoms with Crippen molar-refractivity contribution >= 4 is 5.97 Å². The van der Waals surface area contributed by atoms with Crippen LogP contribution in [0.3, 0.4) is 0 Å². The Hall–Kier alpha value is -2.20. The third-order valence-corrected chi connectivity index (χ3v) is 4.80. The third-order valence-electron chi connectivity index (χ3n) is 4.80. The van der Waals surface area contributed by atoms with E-state index in [1.54, 1.807) is 6.20 Å². The summed E-state index contributed by atoms with van der Waals surface area (Å²) in [5.41, 5.74) is 4.92. The summed E-state index contributed by atoms with van der Waals surface area (Å²) in [7, 11) is 0. The molecule has 4 heteroatoms. The first kappa shape index (κ1) is 16.7. The summed E-state index contributed by atoms with van der Waals surface area (Å²) in [5, 5.41) is 9.24. The molecule has 126 valence electrons. The van der Waals surface area contributed by atoms with E-state index in [1.807, 2.05) is 12.3 Å². The lowest BCUT2D eigenvalue weighted by Gasteiger charge is -2.37. The number of nitrogens with zero attached hydrogens (tertiary/aromatic N) is 2. The number of pyridine rings is 1. The highest BCUT2D eigenvalue weighted by Crippen LogP contribution is 2.33. The number of benzene rings is 1. The predicted octanol–water partition coefficient (Wildman–Crippen LogP) is 3.58. The largest absolute Gasteiger partial charge is 0.481 e. The molecule has 0 saturated carbocycles. The maximum atomic E-state index is 11.2. The van der Waals surface area contributed by atoms with Gasteiger partial charge in [0.1, 0.15) is 0 Å². The van der Waals surface area contributed by atoms with Gasteiger partial charge in [-0.3, -0.25) is 14.7 Å². The fourth-order valence-electron chi connectivity index (χ4n) is 3.72. The second kappa shape index (κ2) is 7.14. The number of aromatic nitrogens is 1. The van der Waals surface area contributed by atoms with Gasteiger partial charge in [-0.15, -0.1) is 0 Å². The Balaban J connectivity index is 1.93. The molecule has 1 fully saturated rings. The summed E-state index contributed by atoms with van der Waals surface area (Å²) in [6, 6.07) is 10.8. The Morgan fingerprint density at radius 2 is 1.83 bits per heavy atom. The van der Waals surface area contributed by atoms with Gasteiger partial charge in [-0.25, -0.2) is 0 Å². The van der Waals surface area contributed by atoms with E-state index in [1.165, 1.54) is 16.7 Å². The number of aliphatic carboxylic acids is 1. The van der Waals surface area contributed by atoms with Gasteiger partial charge in [-0.05, 0) is 57.0 Å². The molecule has 3 rings (SSSR count). The van der Waals surface area contributed by atoms with Crippen LogP contribution in [0.1, 0.15) is 41.1 Å². The Morgan fingerprint density at radius 3 is 2.38 bits per heavy atom. The molecule has 1 atom stereocenters. The van der Waals surface area contributed by atoms with Crippen LogP contribution in [0, 0.1) is 19.8 Å². The molecule has 1 aliphatic heterocycles. The molecule has 1 aromatic heterocycles. The zero-order valence-electron chi connectivity index (χ0n) is 14.3. The summed E-state index contributed by atoms with van der Waals surface area (Å²) in [5.74, 6) is -0.881. The standard InChI is InChI=1S/C20H24N2O2/c1-14-10-15(2)12-18(11-14)19(17-4-3-7-21-13-17)22-8-5-16(6-9-22)20(23)24/h3-4,7,10-13,16,19H,5-6,8-9H2,1-2H3,(H,23,24). The van der Waals surface area contributed by atoms with Crippen LogP contribution in [-0.4, -0.2) is 34.0 Å². The molecule has 0 amide bonds. The van der Waals surface area contributed by atoms with Gasteiger partial charge >= 0.3 is 5.97 Å². The second-order valence-electron chi connectivity index (χ2n) is 6.76. The Kier molecular flexibility index (Phi) is 4.95. The highest BCUT2D eigenvalue weighted by atomic mass is 16.4. The zero-order valence-corrected chi connectivity index (χ0v) is 14.3. The van der Waals surface area contributed by atoms with Crippen molar-refractivity contribution < 1.29 is 9.90 Å². The van der Waals surface area contributed by atoms with E-state index in [9.17, 15) is 9.90 Å². The molecule has 24 heavy (non-hydrogen) atoms. The van der Waals surface area contributed by atoms with E-state index in [4.69, 9.17) is 0 Å². The first-order chi connectivity index (χ1) is 11.5. The molecule has 1 aliphatic rings. The number of rotatable bonds is 4. The quantitative estimate of drug-likeness (QED) is 0.934. The molecule has 1 unspecified atom stereocenters. The Labute approximate surface area is 143 Å². The maximum Gasteiger partial charge on any atom is 0.306 e. The Morgan fingerprint density at radius 1 is 1.17 bits per heavy atom. The minimum atomic E-state index is -0.668. The zero-order chi connectivity index (χ0) is 17.1. The van der Waals surface area contributed by atoms with Crippen LogP contribution < -0.4 is 0 Å². The van der Waals surface area contributed by atoms with E-state index in [2.05, 4.69) is 48.0 Å². The molecule has 0 bridgehead atoms. The number of likely N-dealkylation sites (tertiary alicyclic amines) is 1. The second-order valence-corrected chi connectivity index (χ2v) is 6.76. The lowest BCUT2D eigenvalue weighted by atomic mass is 9.91. The van der Waals surface area contributed by atoms with Gasteiger partial charge in [0, 0.05) is 12.4 Å². The number of hydrogen-bond acceptors (Lipinski definition) is 3. The molecule has 1 N–H and O–H groups in total. The molecule has 0 spiro atoms. The minimum absolute atomic E-state index is 0.132. The average Bonchev–Trinajstić information content (AvgIpc) is 2.56. The summed E-state index contributed by atoms with van der Waals surface area (Å²) >= 11 is 0. The van der Waals surface area contributed by atoms with Gasteiger partial charge < -0.3 is 5.11 Å². The number of carboxylic acids is 1. The van der Waals surface area contributed by atoms with Gasteiger partial charge in [0.2, 0.25) is 0 Å². The Bertz CT molecular complexity index is 687. The van der Waals surface area contributed by atoms with Crippen molar-refractivity contribution in [3.05, 3.63) is 65.0 Å². The van der Waals surface area contributed by atoms with Gasteiger partial charge in [0.25, 0.3) is 0 Å². The van der Waals surface area contributed by atoms with Gasteiger partial charge in [0.05, 0.1) is 12.0 Å². The van der Waals surface area contributed by atoms with Crippen LogP contribution in [0.2, 0.25) is 0 Å². The van der Waals surface area contributed by atoms with Crippen molar-refractivity contribution in [2.24, 2.45) is 5.92 Å². The van der Waals surface area contributed by atoms with Crippen LogP contribution in [0.5, 0.6) is 0 Å². The summed E-state index contributed by atoms with van der Waals surface area (Å²) in [4.78, 5) is 17.9. The molecule has 4 nitrogen and oxygen atoms in total. The van der Waals surface area contributed by atoms with Crippen LogP contribution in [0.15, 0.2) is 42.7 Å². The molecule has 1 aromatic carbocycles. The van der Waals surface area contributed by atoms with Gasteiger partial charge in [-0.2, -0.15) is 0 Å². The summed E-state index contributed by atoms with van der Waals surface area (Å²) in [6.45, 7) is 5.83. The van der Waals surface area contributed by atoms with E-state index in [0.717, 1.165) is 18.7 Å². The average molecular weight is 324 g/mol. The van der Waals surface area contributed by atoms with Crippen molar-refractivity contribution in [3.8, 4) is 0 Å². The highest BCUT2D eigenvalue weighted by molar-refractivity contribution is 5.70. The lowest BCUT2D eigenvalue weighted by molar-refractivity contribution is -0.143. The highest BCUT2D eigenvalue weighted by Gasteiger charge is 2.30. The van der Waals surface area contributed by atoms with Gasteiger partial charge in [0.15, 0.2) is 0 Å². The molecule has 2 aromatic rings. The first-order valence-corrected chi connectivity index (χ1v) is 8.49. The van der Waals surface area contributed by atoms with Crippen molar-refractivity contribution in [3.63, 3.8) is 0 Å².